The van der Waals surface area contributed by atoms with Crippen LogP contribution in [0.5, 0.6) is 0 Å². The Morgan fingerprint density at radius 3 is 2.47 bits per heavy atom. The lowest BCUT2D eigenvalue weighted by Gasteiger charge is -2.31. The molecule has 1 rings (SSSR count). The molecule has 1 unspecified atom stereocenters. The molecule has 2 amide bonds. The normalized spacial score (nSPS) is 13.9. The first kappa shape index (κ1) is 14.7. The maximum Gasteiger partial charge on any atom is 0.354 e. The van der Waals surface area contributed by atoms with E-state index in [2.05, 4.69) is 15.3 Å². The molecule has 0 aromatic carbocycles. The molecule has 104 valence electrons. The Balaban J connectivity index is 3.05. The van der Waals surface area contributed by atoms with E-state index in [4.69, 9.17) is 10.8 Å². The molecule has 0 aliphatic heterocycles. The minimum atomic E-state index is -1.31. The zero-order valence-electron chi connectivity index (χ0n) is 10.9. The largest absolute Gasteiger partial charge is 0.477 e. The lowest BCUT2D eigenvalue weighted by molar-refractivity contribution is -0.125. The summed E-state index contributed by atoms with van der Waals surface area (Å²) >= 11 is 0. The van der Waals surface area contributed by atoms with E-state index >= 15 is 0 Å². The molecule has 5 N–H and O–H groups in total. The zero-order chi connectivity index (χ0) is 14.8. The average molecular weight is 268 g/mol. The van der Waals surface area contributed by atoms with Crippen LogP contribution in [0, 0.1) is 5.92 Å². The van der Waals surface area contributed by atoms with Crippen LogP contribution >= 0.6 is 0 Å². The number of amides is 2. The van der Waals surface area contributed by atoms with Gasteiger partial charge >= 0.3 is 5.97 Å². The molecule has 1 aromatic rings. The second kappa shape index (κ2) is 5.09. The van der Waals surface area contributed by atoms with Crippen LogP contribution in [-0.2, 0) is 4.79 Å². The van der Waals surface area contributed by atoms with Crippen molar-refractivity contribution in [3.8, 4) is 0 Å². The summed E-state index contributed by atoms with van der Waals surface area (Å²) in [5, 5.41) is 11.3. The fraction of sp³-hybridized carbons (Fsp3) is 0.455. The van der Waals surface area contributed by atoms with Crippen molar-refractivity contribution >= 4 is 17.8 Å². The number of H-pyrrole nitrogens is 1. The topological polar surface area (TPSA) is 138 Å². The van der Waals surface area contributed by atoms with E-state index in [1.807, 2.05) is 0 Å². The molecule has 0 aliphatic rings. The smallest absolute Gasteiger partial charge is 0.354 e. The van der Waals surface area contributed by atoms with Gasteiger partial charge in [0.15, 0.2) is 11.4 Å². The van der Waals surface area contributed by atoms with Crippen molar-refractivity contribution in [2.24, 2.45) is 11.7 Å². The number of aromatic nitrogens is 2. The van der Waals surface area contributed by atoms with Crippen molar-refractivity contribution in [1.29, 1.82) is 0 Å². The third kappa shape index (κ3) is 2.72. The van der Waals surface area contributed by atoms with E-state index in [9.17, 15) is 14.4 Å². The molecular formula is C11H16N4O4. The van der Waals surface area contributed by atoms with Gasteiger partial charge in [-0.25, -0.2) is 9.78 Å². The van der Waals surface area contributed by atoms with Crippen LogP contribution in [0.2, 0.25) is 0 Å². The summed E-state index contributed by atoms with van der Waals surface area (Å²) in [5.41, 5.74) is 3.36. The quantitative estimate of drug-likeness (QED) is 0.582. The molecule has 0 saturated carbocycles. The maximum atomic E-state index is 12.0. The molecule has 0 aliphatic carbocycles. The van der Waals surface area contributed by atoms with Gasteiger partial charge in [0, 0.05) is 0 Å². The summed E-state index contributed by atoms with van der Waals surface area (Å²) < 4.78 is 0. The number of carbonyl (C=O) groups is 3. The first-order chi connectivity index (χ1) is 8.70. The van der Waals surface area contributed by atoms with E-state index in [0.29, 0.717) is 0 Å². The number of aromatic carboxylic acids is 1. The highest BCUT2D eigenvalue weighted by Gasteiger charge is 2.37. The number of primary amides is 1. The predicted octanol–water partition coefficient (Wildman–Crippen LogP) is -0.262. The lowest BCUT2D eigenvalue weighted by atomic mass is 9.87. The van der Waals surface area contributed by atoms with Crippen molar-refractivity contribution in [1.82, 2.24) is 15.3 Å². The Hall–Kier alpha value is -2.38. The number of carboxylic acids is 1. The Bertz CT molecular complexity index is 523. The molecule has 8 nitrogen and oxygen atoms in total. The number of imidazole rings is 1. The van der Waals surface area contributed by atoms with Crippen LogP contribution < -0.4 is 11.1 Å². The molecular weight excluding hydrogens is 252 g/mol. The minimum Gasteiger partial charge on any atom is -0.477 e. The Morgan fingerprint density at radius 2 is 2.05 bits per heavy atom. The number of hydrogen-bond acceptors (Lipinski definition) is 4. The fourth-order valence-electron chi connectivity index (χ4n) is 1.41. The first-order valence-corrected chi connectivity index (χ1v) is 5.59. The van der Waals surface area contributed by atoms with Crippen LogP contribution in [-0.4, -0.2) is 38.4 Å². The zero-order valence-corrected chi connectivity index (χ0v) is 10.9. The third-order valence-corrected chi connectivity index (χ3v) is 3.11. The summed E-state index contributed by atoms with van der Waals surface area (Å²) in [6.07, 6.45) is 1.09. The van der Waals surface area contributed by atoms with E-state index in [1.165, 1.54) is 6.92 Å². The number of carbonyl (C=O) groups excluding carboxylic acids is 2. The molecule has 0 fully saturated rings. The van der Waals surface area contributed by atoms with Gasteiger partial charge in [-0.1, -0.05) is 13.8 Å². The SMILES string of the molecule is CC(C)C(C)(NC(=O)c1nc[nH]c1C(=O)O)C(N)=O. The van der Waals surface area contributed by atoms with Gasteiger partial charge in [-0.2, -0.15) is 0 Å². The number of rotatable bonds is 5. The van der Waals surface area contributed by atoms with Gasteiger partial charge in [-0.05, 0) is 12.8 Å². The van der Waals surface area contributed by atoms with E-state index in [0.717, 1.165) is 6.33 Å². The van der Waals surface area contributed by atoms with Crippen molar-refractivity contribution in [2.75, 3.05) is 0 Å². The van der Waals surface area contributed by atoms with Gasteiger partial charge in [0.25, 0.3) is 5.91 Å². The van der Waals surface area contributed by atoms with Crippen molar-refractivity contribution in [2.45, 2.75) is 26.3 Å². The van der Waals surface area contributed by atoms with Gasteiger partial charge in [0.1, 0.15) is 5.54 Å². The third-order valence-electron chi connectivity index (χ3n) is 3.11. The van der Waals surface area contributed by atoms with E-state index in [-0.39, 0.29) is 17.3 Å². The summed E-state index contributed by atoms with van der Waals surface area (Å²) in [6.45, 7) is 4.91. The molecule has 0 saturated heterocycles. The molecule has 0 bridgehead atoms. The van der Waals surface area contributed by atoms with Gasteiger partial charge < -0.3 is 21.1 Å². The molecule has 1 atom stereocenters. The van der Waals surface area contributed by atoms with E-state index in [1.54, 1.807) is 13.8 Å². The number of nitrogens with two attached hydrogens (primary N) is 1. The molecule has 0 radical (unpaired) electrons. The van der Waals surface area contributed by atoms with Gasteiger partial charge in [0.05, 0.1) is 6.33 Å². The predicted molar refractivity (Wildman–Crippen MR) is 65.5 cm³/mol. The maximum absolute atomic E-state index is 12.0. The molecule has 0 spiro atoms. The Morgan fingerprint density at radius 1 is 1.47 bits per heavy atom. The van der Waals surface area contributed by atoms with E-state index < -0.39 is 23.3 Å². The standard InChI is InChI=1S/C11H16N4O4/c1-5(2)11(3,10(12)19)15-8(16)6-7(9(17)18)14-4-13-6/h4-5H,1-3H3,(H2,12,19)(H,13,14)(H,15,16)(H,17,18). The van der Waals surface area contributed by atoms with Crippen LogP contribution in [0.4, 0.5) is 0 Å². The van der Waals surface area contributed by atoms with Crippen molar-refractivity contribution in [3.63, 3.8) is 0 Å². The number of nitrogens with one attached hydrogen (secondary N) is 2. The number of hydrogen-bond donors (Lipinski definition) is 4. The lowest BCUT2D eigenvalue weighted by Crippen LogP contribution is -2.58. The van der Waals surface area contributed by atoms with Crippen molar-refractivity contribution in [3.05, 3.63) is 17.7 Å². The van der Waals surface area contributed by atoms with Gasteiger partial charge in [0.2, 0.25) is 5.91 Å². The van der Waals surface area contributed by atoms with Crippen LogP contribution in [0.1, 0.15) is 41.7 Å². The molecule has 19 heavy (non-hydrogen) atoms. The molecule has 1 aromatic heterocycles. The Kier molecular flexibility index (Phi) is 3.93. The van der Waals surface area contributed by atoms with Crippen LogP contribution in [0.25, 0.3) is 0 Å². The summed E-state index contributed by atoms with van der Waals surface area (Å²) in [5.74, 6) is -3.05. The second-order valence-corrected chi connectivity index (χ2v) is 4.61. The minimum absolute atomic E-state index is 0.263. The van der Waals surface area contributed by atoms with Gasteiger partial charge in [-0.3, -0.25) is 9.59 Å². The monoisotopic (exact) mass is 268 g/mol. The number of aromatic amines is 1. The molecule has 8 heteroatoms. The Labute approximate surface area is 109 Å². The van der Waals surface area contributed by atoms with Gasteiger partial charge in [-0.15, -0.1) is 0 Å². The highest BCUT2D eigenvalue weighted by atomic mass is 16.4. The second-order valence-electron chi connectivity index (χ2n) is 4.61. The summed E-state index contributed by atoms with van der Waals surface area (Å²) in [4.78, 5) is 40.3. The van der Waals surface area contributed by atoms with Crippen LogP contribution in [0.3, 0.4) is 0 Å². The molecule has 1 heterocycles. The fourth-order valence-corrected chi connectivity index (χ4v) is 1.41. The summed E-state index contributed by atoms with van der Waals surface area (Å²) in [7, 11) is 0. The number of nitrogens with zero attached hydrogens (tertiary/aromatic N) is 1. The number of carboxylic acid groups (broad SMARTS) is 1. The van der Waals surface area contributed by atoms with Crippen molar-refractivity contribution < 1.29 is 19.5 Å². The highest BCUT2D eigenvalue weighted by Crippen LogP contribution is 2.17. The summed E-state index contributed by atoms with van der Waals surface area (Å²) in [6, 6.07) is 0. The van der Waals surface area contributed by atoms with Crippen LogP contribution in [0.15, 0.2) is 6.33 Å². The average Bonchev–Trinajstić information content (AvgIpc) is 2.76. The highest BCUT2D eigenvalue weighted by molar-refractivity contribution is 6.04. The first-order valence-electron chi connectivity index (χ1n) is 5.59.